The van der Waals surface area contributed by atoms with Crippen LogP contribution in [-0.4, -0.2) is 6.61 Å². The van der Waals surface area contributed by atoms with Gasteiger partial charge in [-0.3, -0.25) is 0 Å². The third-order valence-electron chi connectivity index (χ3n) is 2.66. The van der Waals surface area contributed by atoms with E-state index >= 15 is 0 Å². The first-order chi connectivity index (χ1) is 8.66. The zero-order valence-corrected chi connectivity index (χ0v) is 12.6. The van der Waals surface area contributed by atoms with E-state index in [1.165, 1.54) is 4.88 Å². The van der Waals surface area contributed by atoms with Crippen molar-refractivity contribution in [2.45, 2.75) is 19.4 Å². The van der Waals surface area contributed by atoms with Crippen molar-refractivity contribution in [1.29, 1.82) is 0 Å². The van der Waals surface area contributed by atoms with Crippen molar-refractivity contribution >= 4 is 27.3 Å². The molecule has 2 nitrogen and oxygen atoms in total. The summed E-state index contributed by atoms with van der Waals surface area (Å²) in [6.07, 6.45) is 0.949. The first kappa shape index (κ1) is 13.6. The quantitative estimate of drug-likeness (QED) is 0.896. The van der Waals surface area contributed by atoms with Crippen molar-refractivity contribution in [3.05, 3.63) is 50.6 Å². The van der Waals surface area contributed by atoms with Gasteiger partial charge in [0.25, 0.3) is 0 Å². The Bertz CT molecular complexity index is 497. The summed E-state index contributed by atoms with van der Waals surface area (Å²) in [6, 6.07) is 10.2. The van der Waals surface area contributed by atoms with Gasteiger partial charge >= 0.3 is 0 Å². The number of rotatable bonds is 5. The Kier molecular flexibility index (Phi) is 4.80. The van der Waals surface area contributed by atoms with E-state index in [1.807, 2.05) is 25.1 Å². The highest BCUT2D eigenvalue weighted by Gasteiger charge is 2.06. The first-order valence-corrected chi connectivity index (χ1v) is 7.54. The number of halogens is 1. The highest BCUT2D eigenvalue weighted by atomic mass is 79.9. The van der Waals surface area contributed by atoms with Crippen molar-refractivity contribution in [2.24, 2.45) is 5.73 Å². The summed E-state index contributed by atoms with van der Waals surface area (Å²) in [5.74, 6) is 0.878. The Morgan fingerprint density at radius 1 is 1.39 bits per heavy atom. The van der Waals surface area contributed by atoms with Crippen LogP contribution in [0.4, 0.5) is 0 Å². The van der Waals surface area contributed by atoms with Crippen LogP contribution in [0.2, 0.25) is 0 Å². The maximum atomic E-state index is 5.86. The van der Waals surface area contributed by atoms with Gasteiger partial charge in [0.05, 0.1) is 6.61 Å². The van der Waals surface area contributed by atoms with Crippen molar-refractivity contribution in [2.75, 3.05) is 6.61 Å². The molecule has 0 saturated heterocycles. The predicted molar refractivity (Wildman–Crippen MR) is 80.3 cm³/mol. The van der Waals surface area contributed by atoms with Gasteiger partial charge in [-0.15, -0.1) is 11.3 Å². The summed E-state index contributed by atoms with van der Waals surface area (Å²) in [6.45, 7) is 2.67. The second-order valence-electron chi connectivity index (χ2n) is 4.15. The molecule has 0 spiro atoms. The smallest absolute Gasteiger partial charge is 0.120 e. The molecule has 1 heterocycles. The molecule has 0 saturated carbocycles. The molecule has 0 radical (unpaired) electrons. The highest BCUT2D eigenvalue weighted by Crippen LogP contribution is 2.26. The number of thiophene rings is 1. The lowest BCUT2D eigenvalue weighted by Crippen LogP contribution is -2.06. The Morgan fingerprint density at radius 2 is 2.22 bits per heavy atom. The number of hydrogen-bond acceptors (Lipinski definition) is 3. The van der Waals surface area contributed by atoms with E-state index in [2.05, 4.69) is 33.4 Å². The van der Waals surface area contributed by atoms with Crippen LogP contribution in [0.25, 0.3) is 0 Å². The van der Waals surface area contributed by atoms with Gasteiger partial charge in [0.1, 0.15) is 5.75 Å². The van der Waals surface area contributed by atoms with Gasteiger partial charge < -0.3 is 10.5 Å². The van der Waals surface area contributed by atoms with Crippen molar-refractivity contribution < 1.29 is 4.74 Å². The molecule has 2 aromatic rings. The average Bonchev–Trinajstić information content (AvgIpc) is 2.81. The molecule has 0 fully saturated rings. The highest BCUT2D eigenvalue weighted by molar-refractivity contribution is 9.10. The van der Waals surface area contributed by atoms with Crippen LogP contribution in [0, 0.1) is 0 Å². The summed E-state index contributed by atoms with van der Waals surface area (Å²) in [7, 11) is 0. The summed E-state index contributed by atoms with van der Waals surface area (Å²) in [4.78, 5) is 1.35. The first-order valence-electron chi connectivity index (χ1n) is 5.87. The van der Waals surface area contributed by atoms with Crippen LogP contribution in [0.5, 0.6) is 5.75 Å². The lowest BCUT2D eigenvalue weighted by Gasteiger charge is -2.11. The molecule has 1 atom stereocenters. The van der Waals surface area contributed by atoms with Crippen LogP contribution in [0.1, 0.15) is 23.4 Å². The minimum Gasteiger partial charge on any atom is -0.493 e. The summed E-state index contributed by atoms with van der Waals surface area (Å²) < 4.78 is 6.74. The van der Waals surface area contributed by atoms with Crippen LogP contribution >= 0.6 is 27.3 Å². The number of nitrogens with two attached hydrogens (primary N) is 1. The Balaban J connectivity index is 1.92. The molecule has 1 aromatic heterocycles. The van der Waals surface area contributed by atoms with Gasteiger partial charge in [-0.25, -0.2) is 0 Å². The molecule has 0 aliphatic carbocycles. The molecule has 2 rings (SSSR count). The fourth-order valence-corrected chi connectivity index (χ4v) is 3.10. The second-order valence-corrected chi connectivity index (χ2v) is 6.04. The SMILES string of the molecule is C[C@H](N)c1ccc(OCCc2cccs2)cc1Br. The standard InChI is InChI=1S/C14H16BrNOS/c1-10(16)13-5-4-11(9-14(13)15)17-7-6-12-3-2-8-18-12/h2-5,8-10H,6-7,16H2,1H3/t10-/m0/s1. The van der Waals surface area contributed by atoms with E-state index in [4.69, 9.17) is 10.5 Å². The zero-order valence-electron chi connectivity index (χ0n) is 10.2. The van der Waals surface area contributed by atoms with Gasteiger partial charge in [0.2, 0.25) is 0 Å². The predicted octanol–water partition coefficient (Wildman–Crippen LogP) is 4.15. The minimum absolute atomic E-state index is 0.0274. The van der Waals surface area contributed by atoms with Gasteiger partial charge in [0, 0.05) is 21.8 Å². The van der Waals surface area contributed by atoms with Crippen LogP contribution in [-0.2, 0) is 6.42 Å². The molecule has 1 aromatic carbocycles. The molecule has 96 valence electrons. The monoisotopic (exact) mass is 325 g/mol. The van der Waals surface area contributed by atoms with Gasteiger partial charge in [-0.1, -0.05) is 28.1 Å². The number of ether oxygens (including phenoxy) is 1. The van der Waals surface area contributed by atoms with E-state index in [9.17, 15) is 0 Å². The fourth-order valence-electron chi connectivity index (χ4n) is 1.69. The molecule has 4 heteroatoms. The summed E-state index contributed by atoms with van der Waals surface area (Å²) in [5, 5.41) is 2.09. The Morgan fingerprint density at radius 3 is 2.83 bits per heavy atom. The maximum absolute atomic E-state index is 5.86. The van der Waals surface area contributed by atoms with Crippen molar-refractivity contribution in [3.63, 3.8) is 0 Å². The fraction of sp³-hybridized carbons (Fsp3) is 0.286. The minimum atomic E-state index is 0.0274. The third-order valence-corrected chi connectivity index (χ3v) is 4.28. The molecule has 18 heavy (non-hydrogen) atoms. The van der Waals surface area contributed by atoms with E-state index in [1.54, 1.807) is 11.3 Å². The molecule has 0 aliphatic rings. The topological polar surface area (TPSA) is 35.2 Å². The van der Waals surface area contributed by atoms with Crippen molar-refractivity contribution in [3.8, 4) is 5.75 Å². The van der Waals surface area contributed by atoms with E-state index in [0.29, 0.717) is 6.61 Å². The van der Waals surface area contributed by atoms with Crippen molar-refractivity contribution in [1.82, 2.24) is 0 Å². The summed E-state index contributed by atoms with van der Waals surface area (Å²) >= 11 is 5.28. The maximum Gasteiger partial charge on any atom is 0.120 e. The van der Waals surface area contributed by atoms with Crippen LogP contribution in [0.15, 0.2) is 40.2 Å². The van der Waals surface area contributed by atoms with Gasteiger partial charge in [-0.2, -0.15) is 0 Å². The molecule has 0 aliphatic heterocycles. The lowest BCUT2D eigenvalue weighted by molar-refractivity contribution is 0.322. The van der Waals surface area contributed by atoms with Gasteiger partial charge in [-0.05, 0) is 36.1 Å². The van der Waals surface area contributed by atoms with E-state index in [0.717, 1.165) is 22.2 Å². The Labute approximate surface area is 120 Å². The molecule has 2 N–H and O–H groups in total. The van der Waals surface area contributed by atoms with Gasteiger partial charge in [0.15, 0.2) is 0 Å². The zero-order chi connectivity index (χ0) is 13.0. The normalized spacial score (nSPS) is 12.4. The average molecular weight is 326 g/mol. The number of hydrogen-bond donors (Lipinski definition) is 1. The molecule has 0 amide bonds. The number of benzene rings is 1. The molecular formula is C14H16BrNOS. The van der Waals surface area contributed by atoms with Crippen LogP contribution in [0.3, 0.4) is 0 Å². The Hall–Kier alpha value is -0.840. The second kappa shape index (κ2) is 6.36. The molecule has 0 unspecified atom stereocenters. The lowest BCUT2D eigenvalue weighted by atomic mass is 10.1. The van der Waals surface area contributed by atoms with E-state index in [-0.39, 0.29) is 6.04 Å². The van der Waals surface area contributed by atoms with Crippen LogP contribution < -0.4 is 10.5 Å². The van der Waals surface area contributed by atoms with E-state index < -0.39 is 0 Å². The molecular weight excluding hydrogens is 310 g/mol. The summed E-state index contributed by atoms with van der Waals surface area (Å²) in [5.41, 5.74) is 6.96. The molecule has 0 bridgehead atoms. The third kappa shape index (κ3) is 3.57. The largest absolute Gasteiger partial charge is 0.493 e.